The summed E-state index contributed by atoms with van der Waals surface area (Å²) in [4.78, 5) is 2.33. The fourth-order valence-corrected chi connectivity index (χ4v) is 3.24. The predicted molar refractivity (Wildman–Crippen MR) is 99.1 cm³/mol. The molecule has 1 saturated heterocycles. The van der Waals surface area contributed by atoms with Crippen LogP contribution in [0.4, 0.5) is 0 Å². The van der Waals surface area contributed by atoms with Crippen molar-refractivity contribution in [3.05, 3.63) is 36.1 Å². The molecule has 0 bridgehead atoms. The number of likely N-dealkylation sites (tertiary alicyclic amines) is 1. The van der Waals surface area contributed by atoms with E-state index in [4.69, 9.17) is 14.0 Å². The van der Waals surface area contributed by atoms with E-state index in [0.717, 1.165) is 30.1 Å². The Morgan fingerprint density at radius 3 is 2.58 bits per heavy atom. The molecule has 2 aromatic rings. The molecule has 6 nitrogen and oxygen atoms in total. The Hall–Kier alpha value is -1.89. The summed E-state index contributed by atoms with van der Waals surface area (Å²) < 4.78 is 16.1. The summed E-state index contributed by atoms with van der Waals surface area (Å²) in [6, 6.07) is 9.51. The maximum absolute atomic E-state index is 10.2. The van der Waals surface area contributed by atoms with Crippen LogP contribution in [0.5, 0.6) is 5.75 Å². The molecule has 1 unspecified atom stereocenters. The Morgan fingerprint density at radius 2 is 1.88 bits per heavy atom. The first kappa shape index (κ1) is 18.9. The molecule has 2 heterocycles. The normalized spacial score (nSPS) is 17.0. The number of rotatable bonds is 8. The zero-order chi connectivity index (χ0) is 18.2. The summed E-state index contributed by atoms with van der Waals surface area (Å²) in [5.74, 6) is 1.46. The molecule has 3 rings (SSSR count). The van der Waals surface area contributed by atoms with E-state index in [1.165, 1.54) is 25.7 Å². The lowest BCUT2D eigenvalue weighted by molar-refractivity contribution is 0.00430. The van der Waals surface area contributed by atoms with Gasteiger partial charge in [0, 0.05) is 18.2 Å². The topological polar surface area (TPSA) is 68.0 Å². The Labute approximate surface area is 154 Å². The SMILES string of the molecule is COc1ccc(-c2cc(COCC(O)CN3CCCCCC3)on2)cc1. The van der Waals surface area contributed by atoms with Crippen LogP contribution in [-0.4, -0.2) is 54.6 Å². The van der Waals surface area contributed by atoms with E-state index in [2.05, 4.69) is 10.1 Å². The van der Waals surface area contributed by atoms with Crippen LogP contribution in [-0.2, 0) is 11.3 Å². The first-order valence-electron chi connectivity index (χ1n) is 9.33. The fourth-order valence-electron chi connectivity index (χ4n) is 3.24. The van der Waals surface area contributed by atoms with Gasteiger partial charge in [-0.1, -0.05) is 18.0 Å². The van der Waals surface area contributed by atoms with Crippen LogP contribution in [0.25, 0.3) is 11.3 Å². The number of methoxy groups -OCH3 is 1. The lowest BCUT2D eigenvalue weighted by Crippen LogP contribution is -2.35. The number of benzene rings is 1. The predicted octanol–water partition coefficient (Wildman–Crippen LogP) is 3.10. The van der Waals surface area contributed by atoms with Gasteiger partial charge in [-0.05, 0) is 50.2 Å². The molecule has 1 aromatic heterocycles. The van der Waals surface area contributed by atoms with Crippen molar-refractivity contribution >= 4 is 0 Å². The Morgan fingerprint density at radius 1 is 1.15 bits per heavy atom. The van der Waals surface area contributed by atoms with Crippen LogP contribution < -0.4 is 4.74 Å². The van der Waals surface area contributed by atoms with Gasteiger partial charge in [0.05, 0.1) is 19.8 Å². The van der Waals surface area contributed by atoms with E-state index < -0.39 is 6.10 Å². The maximum Gasteiger partial charge on any atom is 0.163 e. The molecule has 6 heteroatoms. The van der Waals surface area contributed by atoms with Crippen molar-refractivity contribution in [3.63, 3.8) is 0 Å². The molecule has 1 N–H and O–H groups in total. The highest BCUT2D eigenvalue weighted by Gasteiger charge is 2.14. The number of nitrogens with zero attached hydrogens (tertiary/aromatic N) is 2. The minimum Gasteiger partial charge on any atom is -0.497 e. The molecule has 0 saturated carbocycles. The van der Waals surface area contributed by atoms with Crippen molar-refractivity contribution in [1.82, 2.24) is 10.1 Å². The molecule has 26 heavy (non-hydrogen) atoms. The third-order valence-electron chi connectivity index (χ3n) is 4.67. The van der Waals surface area contributed by atoms with Gasteiger partial charge in [0.15, 0.2) is 5.76 Å². The third kappa shape index (κ3) is 5.56. The monoisotopic (exact) mass is 360 g/mol. The second-order valence-electron chi connectivity index (χ2n) is 6.79. The third-order valence-corrected chi connectivity index (χ3v) is 4.67. The molecule has 0 radical (unpaired) electrons. The molecular formula is C20H28N2O4. The fraction of sp³-hybridized carbons (Fsp3) is 0.550. The van der Waals surface area contributed by atoms with Gasteiger partial charge in [-0.3, -0.25) is 0 Å². The van der Waals surface area contributed by atoms with E-state index in [1.807, 2.05) is 30.3 Å². The first-order valence-corrected chi connectivity index (χ1v) is 9.33. The van der Waals surface area contributed by atoms with E-state index in [9.17, 15) is 5.11 Å². The molecule has 1 aromatic carbocycles. The van der Waals surface area contributed by atoms with Crippen molar-refractivity contribution in [1.29, 1.82) is 0 Å². The summed E-state index contributed by atoms with van der Waals surface area (Å²) in [6.07, 6.45) is 4.56. The van der Waals surface area contributed by atoms with E-state index >= 15 is 0 Å². The minimum atomic E-state index is -0.475. The highest BCUT2D eigenvalue weighted by molar-refractivity contribution is 5.59. The summed E-state index contributed by atoms with van der Waals surface area (Å²) in [7, 11) is 1.64. The van der Waals surface area contributed by atoms with E-state index in [0.29, 0.717) is 25.5 Å². The molecule has 0 spiro atoms. The van der Waals surface area contributed by atoms with E-state index in [1.54, 1.807) is 7.11 Å². The Kier molecular flexibility index (Phi) is 7.05. The van der Waals surface area contributed by atoms with Crippen LogP contribution in [0.15, 0.2) is 34.9 Å². The highest BCUT2D eigenvalue weighted by atomic mass is 16.5. The summed E-state index contributed by atoms with van der Waals surface area (Å²) >= 11 is 0. The number of hydrogen-bond donors (Lipinski definition) is 1. The van der Waals surface area contributed by atoms with Gasteiger partial charge in [0.1, 0.15) is 18.1 Å². The van der Waals surface area contributed by atoms with Crippen LogP contribution in [0.3, 0.4) is 0 Å². The maximum atomic E-state index is 10.2. The minimum absolute atomic E-state index is 0.301. The van der Waals surface area contributed by atoms with Crippen molar-refractivity contribution in [2.24, 2.45) is 0 Å². The van der Waals surface area contributed by atoms with Gasteiger partial charge in [0.25, 0.3) is 0 Å². The molecule has 1 aliphatic rings. The van der Waals surface area contributed by atoms with E-state index in [-0.39, 0.29) is 0 Å². The van der Waals surface area contributed by atoms with Crippen molar-refractivity contribution in [2.75, 3.05) is 33.4 Å². The van der Waals surface area contributed by atoms with Gasteiger partial charge >= 0.3 is 0 Å². The van der Waals surface area contributed by atoms with Gasteiger partial charge in [0.2, 0.25) is 0 Å². The van der Waals surface area contributed by atoms with Gasteiger partial charge in [-0.2, -0.15) is 0 Å². The van der Waals surface area contributed by atoms with Gasteiger partial charge in [-0.15, -0.1) is 0 Å². The zero-order valence-electron chi connectivity index (χ0n) is 15.4. The summed E-state index contributed by atoms with van der Waals surface area (Å²) in [5, 5.41) is 14.3. The second-order valence-corrected chi connectivity index (χ2v) is 6.79. The number of hydrogen-bond acceptors (Lipinski definition) is 6. The molecule has 1 aliphatic heterocycles. The quantitative estimate of drug-likeness (QED) is 0.780. The molecule has 142 valence electrons. The Bertz CT molecular complexity index is 648. The summed E-state index contributed by atoms with van der Waals surface area (Å²) in [5.41, 5.74) is 1.72. The van der Waals surface area contributed by atoms with Gasteiger partial charge < -0.3 is 24.0 Å². The van der Waals surface area contributed by atoms with Crippen LogP contribution in [0, 0.1) is 0 Å². The highest BCUT2D eigenvalue weighted by Crippen LogP contribution is 2.22. The van der Waals surface area contributed by atoms with Gasteiger partial charge in [-0.25, -0.2) is 0 Å². The number of ether oxygens (including phenoxy) is 2. The van der Waals surface area contributed by atoms with Crippen LogP contribution in [0.2, 0.25) is 0 Å². The average Bonchev–Trinajstić information content (AvgIpc) is 2.98. The molecule has 0 aliphatic carbocycles. The standard InChI is InChI=1S/C20H28N2O4/c1-24-18-8-6-16(7-9-18)20-12-19(26-21-20)15-25-14-17(23)13-22-10-4-2-3-5-11-22/h6-9,12,17,23H,2-5,10-11,13-15H2,1H3. The zero-order valence-corrected chi connectivity index (χ0v) is 15.4. The largest absolute Gasteiger partial charge is 0.497 e. The summed E-state index contributed by atoms with van der Waals surface area (Å²) in [6.45, 7) is 3.43. The second kappa shape index (κ2) is 9.71. The van der Waals surface area contributed by atoms with Crippen molar-refractivity contribution in [2.45, 2.75) is 38.4 Å². The lowest BCUT2D eigenvalue weighted by Gasteiger charge is -2.22. The van der Waals surface area contributed by atoms with Crippen LogP contribution in [0.1, 0.15) is 31.4 Å². The smallest absolute Gasteiger partial charge is 0.163 e. The average molecular weight is 360 g/mol. The van der Waals surface area contributed by atoms with Crippen molar-refractivity contribution < 1.29 is 19.1 Å². The molecular weight excluding hydrogens is 332 g/mol. The first-order chi connectivity index (χ1) is 12.7. The molecule has 1 fully saturated rings. The molecule has 1 atom stereocenters. The number of aliphatic hydroxyl groups excluding tert-OH is 1. The van der Waals surface area contributed by atoms with Crippen LogP contribution >= 0.6 is 0 Å². The number of aromatic nitrogens is 1. The lowest BCUT2D eigenvalue weighted by atomic mass is 10.1. The Balaban J connectivity index is 1.42. The van der Waals surface area contributed by atoms with Crippen molar-refractivity contribution in [3.8, 4) is 17.0 Å². The number of β-amino-alcohol motifs (C(OH)–C–C–N with tert-alkyl or cyclic N) is 1. The molecule has 0 amide bonds. The number of aliphatic hydroxyl groups is 1.